The van der Waals surface area contributed by atoms with Gasteiger partial charge in [-0.25, -0.2) is 13.1 Å². The summed E-state index contributed by atoms with van der Waals surface area (Å²) in [6, 6.07) is 3.66. The van der Waals surface area contributed by atoms with E-state index in [1.54, 1.807) is 17.5 Å². The van der Waals surface area contributed by atoms with Gasteiger partial charge in [-0.15, -0.1) is 23.7 Å². The molecule has 0 aromatic carbocycles. The molecule has 1 saturated carbocycles. The number of nitrogens with one attached hydrogen (secondary N) is 1. The molecule has 1 aromatic rings. The summed E-state index contributed by atoms with van der Waals surface area (Å²) >= 11 is 1.24. The first-order valence-corrected chi connectivity index (χ1v) is 7.75. The molecular weight excluding hydrogens is 280 g/mol. The van der Waals surface area contributed by atoms with E-state index in [-0.39, 0.29) is 24.5 Å². The van der Waals surface area contributed by atoms with Crippen molar-refractivity contribution in [1.82, 2.24) is 4.72 Å². The highest BCUT2D eigenvalue weighted by atomic mass is 35.5. The molecule has 4 nitrogen and oxygen atoms in total. The fourth-order valence-electron chi connectivity index (χ4n) is 1.93. The van der Waals surface area contributed by atoms with Crippen molar-refractivity contribution in [3.8, 4) is 0 Å². The first-order valence-electron chi connectivity index (χ1n) is 5.39. The number of thiophene rings is 1. The minimum Gasteiger partial charge on any atom is -0.328 e. The van der Waals surface area contributed by atoms with Gasteiger partial charge in [-0.3, -0.25) is 0 Å². The summed E-state index contributed by atoms with van der Waals surface area (Å²) in [6.07, 6.45) is 3.48. The number of sulfonamides is 1. The highest BCUT2D eigenvalue weighted by molar-refractivity contribution is 7.91. The first-order chi connectivity index (χ1) is 7.58. The van der Waals surface area contributed by atoms with Gasteiger partial charge in [0.15, 0.2) is 0 Å². The minimum absolute atomic E-state index is 0. The summed E-state index contributed by atoms with van der Waals surface area (Å²) in [5, 5.41) is 1.77. The maximum absolute atomic E-state index is 11.9. The van der Waals surface area contributed by atoms with Gasteiger partial charge >= 0.3 is 0 Å². The zero-order valence-corrected chi connectivity index (χ0v) is 11.8. The van der Waals surface area contributed by atoms with Crippen LogP contribution in [0.5, 0.6) is 0 Å². The summed E-state index contributed by atoms with van der Waals surface area (Å²) in [5.74, 6) is 0. The van der Waals surface area contributed by atoms with Crippen LogP contribution < -0.4 is 10.5 Å². The smallest absolute Gasteiger partial charge is 0.250 e. The molecule has 1 fully saturated rings. The first kappa shape index (κ1) is 14.9. The highest BCUT2D eigenvalue weighted by Crippen LogP contribution is 2.21. The maximum Gasteiger partial charge on any atom is 0.250 e. The van der Waals surface area contributed by atoms with E-state index in [2.05, 4.69) is 4.72 Å². The Hall–Kier alpha value is -0.140. The third kappa shape index (κ3) is 3.93. The van der Waals surface area contributed by atoms with Crippen LogP contribution in [0, 0.1) is 0 Å². The molecule has 3 N–H and O–H groups in total. The quantitative estimate of drug-likeness (QED) is 0.892. The lowest BCUT2D eigenvalue weighted by atomic mass is 9.93. The van der Waals surface area contributed by atoms with Crippen molar-refractivity contribution in [2.24, 2.45) is 5.73 Å². The van der Waals surface area contributed by atoms with Crippen LogP contribution in [-0.2, 0) is 10.0 Å². The molecule has 0 bridgehead atoms. The minimum atomic E-state index is -3.31. The third-order valence-corrected chi connectivity index (χ3v) is 5.77. The van der Waals surface area contributed by atoms with E-state index in [9.17, 15) is 8.42 Å². The Kier molecular flexibility index (Phi) is 5.40. The van der Waals surface area contributed by atoms with E-state index < -0.39 is 10.0 Å². The number of rotatable bonds is 3. The largest absolute Gasteiger partial charge is 0.328 e. The zero-order valence-electron chi connectivity index (χ0n) is 9.33. The Balaban J connectivity index is 0.00000144. The van der Waals surface area contributed by atoms with Crippen molar-refractivity contribution in [3.63, 3.8) is 0 Å². The fraction of sp³-hybridized carbons (Fsp3) is 0.600. The van der Waals surface area contributed by atoms with E-state index in [0.29, 0.717) is 4.21 Å². The topological polar surface area (TPSA) is 72.2 Å². The number of hydrogen-bond acceptors (Lipinski definition) is 4. The molecule has 7 heteroatoms. The van der Waals surface area contributed by atoms with Crippen molar-refractivity contribution in [1.29, 1.82) is 0 Å². The summed E-state index contributed by atoms with van der Waals surface area (Å²) in [5.41, 5.74) is 5.78. The van der Waals surface area contributed by atoms with Crippen molar-refractivity contribution in [3.05, 3.63) is 17.5 Å². The van der Waals surface area contributed by atoms with Crippen LogP contribution in [0.3, 0.4) is 0 Å². The summed E-state index contributed by atoms with van der Waals surface area (Å²) in [7, 11) is -3.31. The molecule has 1 aromatic heterocycles. The lowest BCUT2D eigenvalue weighted by Crippen LogP contribution is -2.40. The van der Waals surface area contributed by atoms with Gasteiger partial charge in [-0.1, -0.05) is 6.07 Å². The Morgan fingerprint density at radius 3 is 2.47 bits per heavy atom. The summed E-state index contributed by atoms with van der Waals surface area (Å²) in [6.45, 7) is 0. The van der Waals surface area contributed by atoms with Crippen LogP contribution in [0.15, 0.2) is 21.7 Å². The third-order valence-electron chi connectivity index (χ3n) is 2.85. The van der Waals surface area contributed by atoms with E-state index in [1.807, 2.05) is 0 Å². The van der Waals surface area contributed by atoms with Gasteiger partial charge in [-0.2, -0.15) is 0 Å². The molecule has 1 aliphatic rings. The van der Waals surface area contributed by atoms with Crippen LogP contribution >= 0.6 is 23.7 Å². The second-order valence-electron chi connectivity index (χ2n) is 4.17. The molecule has 0 unspecified atom stereocenters. The van der Waals surface area contributed by atoms with Crippen molar-refractivity contribution in [2.75, 3.05) is 0 Å². The van der Waals surface area contributed by atoms with Gasteiger partial charge in [0.2, 0.25) is 10.0 Å². The molecular formula is C10H17ClN2O2S2. The second kappa shape index (κ2) is 6.15. The normalized spacial score (nSPS) is 25.2. The van der Waals surface area contributed by atoms with Gasteiger partial charge in [0.1, 0.15) is 4.21 Å². The molecule has 0 spiro atoms. The van der Waals surface area contributed by atoms with Gasteiger partial charge in [0, 0.05) is 12.1 Å². The van der Waals surface area contributed by atoms with Gasteiger partial charge in [-0.05, 0) is 37.1 Å². The number of hydrogen-bond donors (Lipinski definition) is 2. The molecule has 1 aliphatic carbocycles. The predicted octanol–water partition coefficient (Wildman–Crippen LogP) is 1.72. The molecule has 0 atom stereocenters. The molecule has 0 aliphatic heterocycles. The van der Waals surface area contributed by atoms with Gasteiger partial charge in [0.25, 0.3) is 0 Å². The fourth-order valence-corrected chi connectivity index (χ4v) is 4.25. The molecule has 98 valence electrons. The van der Waals surface area contributed by atoms with Gasteiger partial charge < -0.3 is 5.73 Å². The van der Waals surface area contributed by atoms with Crippen LogP contribution in [0.2, 0.25) is 0 Å². The van der Waals surface area contributed by atoms with E-state index >= 15 is 0 Å². The zero-order chi connectivity index (χ0) is 11.6. The molecule has 2 rings (SSSR count). The average Bonchev–Trinajstić information content (AvgIpc) is 2.75. The van der Waals surface area contributed by atoms with Crippen LogP contribution in [-0.4, -0.2) is 20.5 Å². The second-order valence-corrected chi connectivity index (χ2v) is 7.05. The average molecular weight is 297 g/mol. The molecule has 17 heavy (non-hydrogen) atoms. The number of halogens is 1. The predicted molar refractivity (Wildman–Crippen MR) is 72.1 cm³/mol. The maximum atomic E-state index is 11.9. The Morgan fingerprint density at radius 1 is 1.29 bits per heavy atom. The van der Waals surface area contributed by atoms with Crippen molar-refractivity contribution >= 4 is 33.8 Å². The molecule has 0 radical (unpaired) electrons. The van der Waals surface area contributed by atoms with Crippen molar-refractivity contribution in [2.45, 2.75) is 42.0 Å². The molecule has 1 heterocycles. The van der Waals surface area contributed by atoms with Crippen molar-refractivity contribution < 1.29 is 8.42 Å². The van der Waals surface area contributed by atoms with E-state index in [0.717, 1.165) is 25.7 Å². The monoisotopic (exact) mass is 296 g/mol. The van der Waals surface area contributed by atoms with Gasteiger partial charge in [0.05, 0.1) is 0 Å². The van der Waals surface area contributed by atoms with Crippen LogP contribution in [0.4, 0.5) is 0 Å². The van der Waals surface area contributed by atoms with E-state index in [4.69, 9.17) is 5.73 Å². The lowest BCUT2D eigenvalue weighted by Gasteiger charge is -2.26. The SMILES string of the molecule is Cl.NC1CCC(NS(=O)(=O)c2cccs2)CC1. The van der Waals surface area contributed by atoms with Crippen LogP contribution in [0.25, 0.3) is 0 Å². The van der Waals surface area contributed by atoms with E-state index in [1.165, 1.54) is 11.3 Å². The summed E-state index contributed by atoms with van der Waals surface area (Å²) < 4.78 is 27.0. The van der Waals surface area contributed by atoms with Crippen LogP contribution in [0.1, 0.15) is 25.7 Å². The lowest BCUT2D eigenvalue weighted by molar-refractivity contribution is 0.374. The Labute approximate surface area is 112 Å². The molecule has 0 saturated heterocycles. The highest BCUT2D eigenvalue weighted by Gasteiger charge is 2.24. The molecule has 0 amide bonds. The Morgan fingerprint density at radius 2 is 1.94 bits per heavy atom. The standard InChI is InChI=1S/C10H16N2O2S2.ClH/c11-8-3-5-9(6-4-8)12-16(13,14)10-2-1-7-15-10;/h1-2,7-9,12H,3-6,11H2;1H. The summed E-state index contributed by atoms with van der Waals surface area (Å²) in [4.78, 5) is 0. The number of nitrogens with two attached hydrogens (primary N) is 1. The Bertz CT molecular complexity index is 425.